The van der Waals surface area contributed by atoms with E-state index < -0.39 is 0 Å². The van der Waals surface area contributed by atoms with Gasteiger partial charge in [0, 0.05) is 24.5 Å². The number of aromatic nitrogens is 1. The highest BCUT2D eigenvalue weighted by atomic mass is 16.1. The second-order valence-electron chi connectivity index (χ2n) is 4.39. The summed E-state index contributed by atoms with van der Waals surface area (Å²) in [5.74, 6) is -0.0489. The van der Waals surface area contributed by atoms with Crippen LogP contribution in [0.4, 0.5) is 5.69 Å². The fourth-order valence-corrected chi connectivity index (χ4v) is 1.83. The van der Waals surface area contributed by atoms with Crippen LogP contribution in [0, 0.1) is 6.92 Å². The number of pyridine rings is 1. The summed E-state index contributed by atoms with van der Waals surface area (Å²) in [5, 5.41) is 6.24. The lowest BCUT2D eigenvalue weighted by atomic mass is 10.1. The first kappa shape index (κ1) is 14.5. The van der Waals surface area contributed by atoms with Crippen molar-refractivity contribution in [1.29, 1.82) is 0 Å². The SMILES string of the molecule is CCNc1cc(C)ncc1C(=O)NC(CC)CC. The van der Waals surface area contributed by atoms with Crippen molar-refractivity contribution in [3.63, 3.8) is 0 Å². The maximum Gasteiger partial charge on any atom is 0.255 e. The van der Waals surface area contributed by atoms with Gasteiger partial charge in [-0.2, -0.15) is 0 Å². The number of carbonyl (C=O) groups is 1. The van der Waals surface area contributed by atoms with Crippen LogP contribution in [0.2, 0.25) is 0 Å². The maximum atomic E-state index is 12.2. The van der Waals surface area contributed by atoms with Crippen LogP contribution in [-0.2, 0) is 0 Å². The summed E-state index contributed by atoms with van der Waals surface area (Å²) in [6.07, 6.45) is 3.53. The number of anilines is 1. The Morgan fingerprint density at radius 3 is 2.56 bits per heavy atom. The first-order chi connectivity index (χ1) is 8.62. The average molecular weight is 249 g/mol. The van der Waals surface area contributed by atoms with Gasteiger partial charge in [0.05, 0.1) is 11.3 Å². The summed E-state index contributed by atoms with van der Waals surface area (Å²) in [6.45, 7) is 8.87. The van der Waals surface area contributed by atoms with Gasteiger partial charge in [0.2, 0.25) is 0 Å². The molecule has 0 aromatic carbocycles. The predicted octanol–water partition coefficient (Wildman–Crippen LogP) is 2.74. The van der Waals surface area contributed by atoms with Crippen molar-refractivity contribution in [2.75, 3.05) is 11.9 Å². The highest BCUT2D eigenvalue weighted by Gasteiger charge is 2.14. The summed E-state index contributed by atoms with van der Waals surface area (Å²) < 4.78 is 0. The third-order valence-corrected chi connectivity index (χ3v) is 2.97. The Morgan fingerprint density at radius 1 is 1.33 bits per heavy atom. The smallest absolute Gasteiger partial charge is 0.255 e. The molecule has 0 unspecified atom stereocenters. The van der Waals surface area contributed by atoms with E-state index in [9.17, 15) is 4.79 Å². The maximum absolute atomic E-state index is 12.2. The Labute approximate surface area is 109 Å². The molecule has 4 heteroatoms. The third-order valence-electron chi connectivity index (χ3n) is 2.97. The molecular formula is C14H23N3O. The zero-order chi connectivity index (χ0) is 13.5. The van der Waals surface area contributed by atoms with Gasteiger partial charge in [-0.05, 0) is 32.8 Å². The van der Waals surface area contributed by atoms with Crippen molar-refractivity contribution in [2.45, 2.75) is 46.6 Å². The van der Waals surface area contributed by atoms with Crippen LogP contribution in [0.3, 0.4) is 0 Å². The fraction of sp³-hybridized carbons (Fsp3) is 0.571. The van der Waals surface area contributed by atoms with Crippen molar-refractivity contribution in [2.24, 2.45) is 0 Å². The number of hydrogen-bond acceptors (Lipinski definition) is 3. The summed E-state index contributed by atoms with van der Waals surface area (Å²) in [6, 6.07) is 2.14. The van der Waals surface area contributed by atoms with Crippen molar-refractivity contribution in [3.05, 3.63) is 23.5 Å². The summed E-state index contributed by atoms with van der Waals surface area (Å²) in [5.41, 5.74) is 2.38. The summed E-state index contributed by atoms with van der Waals surface area (Å²) >= 11 is 0. The summed E-state index contributed by atoms with van der Waals surface area (Å²) in [4.78, 5) is 16.4. The van der Waals surface area contributed by atoms with E-state index >= 15 is 0 Å². The molecule has 2 N–H and O–H groups in total. The normalized spacial score (nSPS) is 10.5. The minimum Gasteiger partial charge on any atom is -0.385 e. The molecule has 0 atom stereocenters. The Balaban J connectivity index is 2.90. The lowest BCUT2D eigenvalue weighted by Crippen LogP contribution is -2.34. The van der Waals surface area contributed by atoms with Gasteiger partial charge in [-0.1, -0.05) is 13.8 Å². The van der Waals surface area contributed by atoms with Gasteiger partial charge < -0.3 is 10.6 Å². The van der Waals surface area contributed by atoms with E-state index in [0.717, 1.165) is 30.8 Å². The van der Waals surface area contributed by atoms with Crippen molar-refractivity contribution >= 4 is 11.6 Å². The van der Waals surface area contributed by atoms with Crippen LogP contribution >= 0.6 is 0 Å². The van der Waals surface area contributed by atoms with Gasteiger partial charge in [-0.3, -0.25) is 9.78 Å². The number of amides is 1. The van der Waals surface area contributed by atoms with E-state index in [2.05, 4.69) is 29.5 Å². The van der Waals surface area contributed by atoms with Gasteiger partial charge in [-0.25, -0.2) is 0 Å². The van der Waals surface area contributed by atoms with Gasteiger partial charge in [-0.15, -0.1) is 0 Å². The van der Waals surface area contributed by atoms with Crippen LogP contribution in [0.5, 0.6) is 0 Å². The number of carbonyl (C=O) groups excluding carboxylic acids is 1. The van der Waals surface area contributed by atoms with Crippen LogP contribution in [0.1, 0.15) is 49.7 Å². The molecule has 1 aromatic heterocycles. The van der Waals surface area contributed by atoms with Crippen molar-refractivity contribution in [3.8, 4) is 0 Å². The Morgan fingerprint density at radius 2 is 2.00 bits per heavy atom. The second-order valence-corrected chi connectivity index (χ2v) is 4.39. The Kier molecular flexibility index (Phi) is 5.62. The summed E-state index contributed by atoms with van der Waals surface area (Å²) in [7, 11) is 0. The van der Waals surface area contributed by atoms with E-state index in [0.29, 0.717) is 5.56 Å². The molecule has 1 amide bonds. The third kappa shape index (κ3) is 3.72. The molecule has 18 heavy (non-hydrogen) atoms. The van der Waals surface area contributed by atoms with Crippen molar-refractivity contribution < 1.29 is 4.79 Å². The molecule has 100 valence electrons. The lowest BCUT2D eigenvalue weighted by molar-refractivity contribution is 0.0935. The minimum absolute atomic E-state index is 0.0489. The number of nitrogens with one attached hydrogen (secondary N) is 2. The Hall–Kier alpha value is -1.58. The predicted molar refractivity (Wildman–Crippen MR) is 75.0 cm³/mol. The number of hydrogen-bond donors (Lipinski definition) is 2. The lowest BCUT2D eigenvalue weighted by Gasteiger charge is -2.16. The zero-order valence-corrected chi connectivity index (χ0v) is 11.7. The fourth-order valence-electron chi connectivity index (χ4n) is 1.83. The molecule has 0 spiro atoms. The molecule has 0 fully saturated rings. The molecule has 0 aliphatic carbocycles. The zero-order valence-electron chi connectivity index (χ0n) is 11.7. The van der Waals surface area contributed by atoms with E-state index in [1.807, 2.05) is 19.9 Å². The van der Waals surface area contributed by atoms with Crippen molar-refractivity contribution in [1.82, 2.24) is 10.3 Å². The monoisotopic (exact) mass is 249 g/mol. The Bertz CT molecular complexity index is 400. The molecule has 1 heterocycles. The van der Waals surface area contributed by atoms with Crippen LogP contribution in [-0.4, -0.2) is 23.5 Å². The van der Waals surface area contributed by atoms with Crippen LogP contribution in [0.25, 0.3) is 0 Å². The quantitative estimate of drug-likeness (QED) is 0.815. The van der Waals surface area contributed by atoms with Crippen LogP contribution in [0.15, 0.2) is 12.3 Å². The molecule has 4 nitrogen and oxygen atoms in total. The molecule has 0 saturated heterocycles. The molecule has 0 aliphatic heterocycles. The molecule has 1 aromatic rings. The number of nitrogens with zero attached hydrogens (tertiary/aromatic N) is 1. The standard InChI is InChI=1S/C14H23N3O/c1-5-11(6-2)17-14(18)12-9-16-10(4)8-13(12)15-7-3/h8-9,11H,5-7H2,1-4H3,(H,15,16)(H,17,18). The number of aryl methyl sites for hydroxylation is 1. The first-order valence-electron chi connectivity index (χ1n) is 6.63. The second kappa shape index (κ2) is 6.99. The van der Waals surface area contributed by atoms with Gasteiger partial charge in [0.15, 0.2) is 0 Å². The topological polar surface area (TPSA) is 54.0 Å². The average Bonchev–Trinajstić information content (AvgIpc) is 2.36. The van der Waals surface area contributed by atoms with Gasteiger partial charge in [0.1, 0.15) is 0 Å². The van der Waals surface area contributed by atoms with E-state index in [4.69, 9.17) is 0 Å². The molecule has 0 aliphatic rings. The molecule has 0 radical (unpaired) electrons. The molecule has 1 rings (SSSR count). The minimum atomic E-state index is -0.0489. The van der Waals surface area contributed by atoms with Gasteiger partial charge >= 0.3 is 0 Å². The first-order valence-corrected chi connectivity index (χ1v) is 6.63. The molecular weight excluding hydrogens is 226 g/mol. The van der Waals surface area contributed by atoms with E-state index in [1.165, 1.54) is 0 Å². The number of rotatable bonds is 6. The van der Waals surface area contributed by atoms with Gasteiger partial charge in [0.25, 0.3) is 5.91 Å². The van der Waals surface area contributed by atoms with Crippen LogP contribution < -0.4 is 10.6 Å². The molecule has 0 saturated carbocycles. The van der Waals surface area contributed by atoms with E-state index in [1.54, 1.807) is 6.20 Å². The van der Waals surface area contributed by atoms with E-state index in [-0.39, 0.29) is 11.9 Å². The highest BCUT2D eigenvalue weighted by Crippen LogP contribution is 2.16. The molecule has 0 bridgehead atoms. The highest BCUT2D eigenvalue weighted by molar-refractivity contribution is 5.99. The largest absolute Gasteiger partial charge is 0.385 e.